The van der Waals surface area contributed by atoms with Gasteiger partial charge in [0.2, 0.25) is 5.91 Å². The van der Waals surface area contributed by atoms with Gasteiger partial charge in [0.25, 0.3) is 0 Å². The summed E-state index contributed by atoms with van der Waals surface area (Å²) in [7, 11) is 0. The molecule has 5 N–H and O–H groups in total. The molecule has 0 aromatic rings. The first-order valence-electron chi connectivity index (χ1n) is 13.9. The van der Waals surface area contributed by atoms with Crippen LogP contribution in [0.15, 0.2) is 0 Å². The average Bonchev–Trinajstić information content (AvgIpc) is 2.81. The second kappa shape index (κ2) is 23.1. The zero-order valence-corrected chi connectivity index (χ0v) is 21.6. The summed E-state index contributed by atoms with van der Waals surface area (Å²) in [5.74, 6) is -0.594. The Hall–Kier alpha value is -0.690. The number of carbonyl (C=O) groups excluding carboxylic acids is 1. The number of carbonyl (C=O) groups is 1. The molecule has 0 saturated carbocycles. The number of aliphatic hydroxyl groups excluding tert-OH is 4. The van der Waals surface area contributed by atoms with Gasteiger partial charge >= 0.3 is 0 Å². The first-order valence-corrected chi connectivity index (χ1v) is 13.9. The molecule has 0 bridgehead atoms. The summed E-state index contributed by atoms with van der Waals surface area (Å²) < 4.78 is 0. The molecule has 0 fully saturated rings. The Bertz CT molecular complexity index is 435. The lowest BCUT2D eigenvalue weighted by atomic mass is 10.00. The first kappa shape index (κ1) is 32.3. The molecule has 0 aliphatic rings. The van der Waals surface area contributed by atoms with E-state index in [1.165, 1.54) is 70.6 Å². The van der Waals surface area contributed by atoms with Crippen LogP contribution in [0.1, 0.15) is 136 Å². The highest BCUT2D eigenvalue weighted by atomic mass is 16.3. The third-order valence-corrected chi connectivity index (χ3v) is 6.57. The molecule has 0 heterocycles. The van der Waals surface area contributed by atoms with E-state index in [9.17, 15) is 25.2 Å². The SMILES string of the molecule is CCCCCCCCCCCCCCCCC(O)C(=O)NC(CO)C(O)C(O)CCCCC. The largest absolute Gasteiger partial charge is 0.394 e. The van der Waals surface area contributed by atoms with Crippen molar-refractivity contribution in [1.29, 1.82) is 0 Å². The Morgan fingerprint density at radius 2 is 1.03 bits per heavy atom. The van der Waals surface area contributed by atoms with E-state index in [0.717, 1.165) is 38.5 Å². The summed E-state index contributed by atoms with van der Waals surface area (Å²) in [6.07, 6.45) is 17.7. The fourth-order valence-electron chi connectivity index (χ4n) is 4.22. The van der Waals surface area contributed by atoms with Gasteiger partial charge in [-0.25, -0.2) is 0 Å². The monoisotopic (exact) mass is 473 g/mol. The molecule has 198 valence electrons. The van der Waals surface area contributed by atoms with Gasteiger partial charge in [0, 0.05) is 0 Å². The van der Waals surface area contributed by atoms with Crippen LogP contribution < -0.4 is 5.32 Å². The smallest absolute Gasteiger partial charge is 0.249 e. The zero-order chi connectivity index (χ0) is 24.7. The summed E-state index contributed by atoms with van der Waals surface area (Å²) >= 11 is 0. The van der Waals surface area contributed by atoms with E-state index in [1.807, 2.05) is 0 Å². The number of rotatable bonds is 24. The molecule has 6 nitrogen and oxygen atoms in total. The van der Waals surface area contributed by atoms with Gasteiger partial charge in [0.05, 0.1) is 18.8 Å². The van der Waals surface area contributed by atoms with Crippen molar-refractivity contribution in [3.05, 3.63) is 0 Å². The maximum Gasteiger partial charge on any atom is 0.249 e. The maximum absolute atomic E-state index is 12.2. The van der Waals surface area contributed by atoms with Crippen molar-refractivity contribution < 1.29 is 25.2 Å². The molecular weight excluding hydrogens is 418 g/mol. The molecule has 0 aromatic heterocycles. The van der Waals surface area contributed by atoms with E-state index in [0.29, 0.717) is 12.8 Å². The lowest BCUT2D eigenvalue weighted by molar-refractivity contribution is -0.132. The van der Waals surface area contributed by atoms with E-state index in [1.54, 1.807) is 0 Å². The van der Waals surface area contributed by atoms with Crippen LogP contribution in [0.25, 0.3) is 0 Å². The minimum Gasteiger partial charge on any atom is -0.394 e. The van der Waals surface area contributed by atoms with Crippen molar-refractivity contribution in [1.82, 2.24) is 5.32 Å². The van der Waals surface area contributed by atoms with E-state index in [4.69, 9.17) is 0 Å². The van der Waals surface area contributed by atoms with E-state index in [2.05, 4.69) is 19.2 Å². The fraction of sp³-hybridized carbons (Fsp3) is 0.963. The standard InChI is InChI=1S/C27H55NO5/c1-3-5-7-8-9-10-11-12-13-14-15-16-17-19-21-25(31)27(33)28-23(22-29)26(32)24(30)20-18-6-4-2/h23-26,29-32H,3-22H2,1-2H3,(H,28,33). The number of hydrogen-bond donors (Lipinski definition) is 5. The van der Waals surface area contributed by atoms with E-state index in [-0.39, 0.29) is 0 Å². The van der Waals surface area contributed by atoms with Crippen LogP contribution in [0.5, 0.6) is 0 Å². The second-order valence-corrected chi connectivity index (χ2v) is 9.75. The van der Waals surface area contributed by atoms with Gasteiger partial charge in [-0.05, 0) is 12.8 Å². The summed E-state index contributed by atoms with van der Waals surface area (Å²) in [5.41, 5.74) is 0. The topological polar surface area (TPSA) is 110 Å². The number of aliphatic hydroxyl groups is 4. The Morgan fingerprint density at radius 3 is 1.48 bits per heavy atom. The predicted octanol–water partition coefficient (Wildman–Crippen LogP) is 5.00. The summed E-state index contributed by atoms with van der Waals surface area (Å²) in [6.45, 7) is 3.82. The number of nitrogens with one attached hydrogen (secondary N) is 1. The highest BCUT2D eigenvalue weighted by molar-refractivity contribution is 5.80. The van der Waals surface area contributed by atoms with Gasteiger partial charge in [0.15, 0.2) is 0 Å². The number of unbranched alkanes of at least 4 members (excludes halogenated alkanes) is 15. The van der Waals surface area contributed by atoms with Gasteiger partial charge < -0.3 is 25.7 Å². The molecule has 0 aliphatic heterocycles. The minimum atomic E-state index is -1.25. The first-order chi connectivity index (χ1) is 16.0. The van der Waals surface area contributed by atoms with Crippen molar-refractivity contribution in [2.45, 2.75) is 160 Å². The summed E-state index contributed by atoms with van der Waals surface area (Å²) in [6, 6.07) is -0.972. The fourth-order valence-corrected chi connectivity index (χ4v) is 4.22. The van der Waals surface area contributed by atoms with Crippen LogP contribution in [0.2, 0.25) is 0 Å². The van der Waals surface area contributed by atoms with Crippen LogP contribution in [0.4, 0.5) is 0 Å². The molecule has 4 unspecified atom stereocenters. The Labute approximate surface area is 203 Å². The van der Waals surface area contributed by atoms with Gasteiger partial charge in [-0.1, -0.05) is 123 Å². The second-order valence-electron chi connectivity index (χ2n) is 9.75. The van der Waals surface area contributed by atoms with Crippen LogP contribution in [0.3, 0.4) is 0 Å². The highest BCUT2D eigenvalue weighted by Gasteiger charge is 2.28. The quantitative estimate of drug-likeness (QED) is 0.127. The molecule has 0 spiro atoms. The van der Waals surface area contributed by atoms with Crippen LogP contribution in [0, 0.1) is 0 Å². The summed E-state index contributed by atoms with van der Waals surface area (Å²) in [5, 5.41) is 42.4. The molecule has 0 saturated heterocycles. The van der Waals surface area contributed by atoms with Crippen LogP contribution in [-0.2, 0) is 4.79 Å². The van der Waals surface area contributed by atoms with Gasteiger partial charge in [-0.3, -0.25) is 4.79 Å². The van der Waals surface area contributed by atoms with Crippen LogP contribution >= 0.6 is 0 Å². The molecule has 33 heavy (non-hydrogen) atoms. The molecule has 0 aromatic carbocycles. The number of hydrogen-bond acceptors (Lipinski definition) is 5. The van der Waals surface area contributed by atoms with E-state index >= 15 is 0 Å². The van der Waals surface area contributed by atoms with E-state index < -0.39 is 36.9 Å². The van der Waals surface area contributed by atoms with Gasteiger partial charge in [0.1, 0.15) is 12.2 Å². The summed E-state index contributed by atoms with van der Waals surface area (Å²) in [4.78, 5) is 12.2. The molecule has 0 aliphatic carbocycles. The van der Waals surface area contributed by atoms with Crippen molar-refractivity contribution in [3.63, 3.8) is 0 Å². The third-order valence-electron chi connectivity index (χ3n) is 6.57. The Balaban J connectivity index is 3.77. The molecule has 1 amide bonds. The van der Waals surface area contributed by atoms with Crippen molar-refractivity contribution in [2.75, 3.05) is 6.61 Å². The Morgan fingerprint density at radius 1 is 0.636 bits per heavy atom. The third kappa shape index (κ3) is 18.3. The van der Waals surface area contributed by atoms with Crippen LogP contribution in [-0.4, -0.2) is 57.3 Å². The lowest BCUT2D eigenvalue weighted by Gasteiger charge is -2.27. The molecular formula is C27H55NO5. The highest BCUT2D eigenvalue weighted by Crippen LogP contribution is 2.14. The van der Waals surface area contributed by atoms with Crippen molar-refractivity contribution in [2.24, 2.45) is 0 Å². The molecule has 0 rings (SSSR count). The van der Waals surface area contributed by atoms with Crippen molar-refractivity contribution >= 4 is 5.91 Å². The lowest BCUT2D eigenvalue weighted by Crippen LogP contribution is -2.53. The normalized spacial score (nSPS) is 15.2. The zero-order valence-electron chi connectivity index (χ0n) is 21.6. The number of amides is 1. The maximum atomic E-state index is 12.2. The van der Waals surface area contributed by atoms with Gasteiger partial charge in [-0.15, -0.1) is 0 Å². The van der Waals surface area contributed by atoms with Crippen molar-refractivity contribution in [3.8, 4) is 0 Å². The molecule has 0 radical (unpaired) electrons. The molecule has 4 atom stereocenters. The Kier molecular flexibility index (Phi) is 22.6. The average molecular weight is 474 g/mol. The molecule has 6 heteroatoms. The predicted molar refractivity (Wildman–Crippen MR) is 136 cm³/mol. The van der Waals surface area contributed by atoms with Gasteiger partial charge in [-0.2, -0.15) is 0 Å². The minimum absolute atomic E-state index is 0.372.